The first-order valence-electron chi connectivity index (χ1n) is 6.79. The number of benzene rings is 1. The van der Waals surface area contributed by atoms with E-state index in [2.05, 4.69) is 25.5 Å². The van der Waals surface area contributed by atoms with E-state index in [-0.39, 0.29) is 5.82 Å². The molecular formula is C14H17BrFN3. The molecule has 1 aromatic heterocycles. The molecule has 0 spiro atoms. The summed E-state index contributed by atoms with van der Waals surface area (Å²) in [4.78, 5) is 4.30. The van der Waals surface area contributed by atoms with Gasteiger partial charge in [0.05, 0.1) is 15.5 Å². The molecule has 0 aliphatic heterocycles. The zero-order valence-electron chi connectivity index (χ0n) is 10.7. The van der Waals surface area contributed by atoms with Gasteiger partial charge in [-0.05, 0) is 34.8 Å². The molecule has 0 atom stereocenters. The van der Waals surface area contributed by atoms with Crippen molar-refractivity contribution in [1.82, 2.24) is 9.55 Å². The Morgan fingerprint density at radius 3 is 2.58 bits per heavy atom. The molecule has 3 rings (SSSR count). The fraction of sp³-hybridized carbons (Fsp3) is 0.500. The van der Waals surface area contributed by atoms with Crippen molar-refractivity contribution < 1.29 is 4.39 Å². The molecule has 1 aromatic carbocycles. The van der Waals surface area contributed by atoms with Gasteiger partial charge in [0.2, 0.25) is 5.95 Å². The summed E-state index contributed by atoms with van der Waals surface area (Å²) in [7, 11) is 0. The van der Waals surface area contributed by atoms with E-state index in [4.69, 9.17) is 5.73 Å². The second-order valence-corrected chi connectivity index (χ2v) is 6.09. The van der Waals surface area contributed by atoms with E-state index in [9.17, 15) is 4.39 Å². The highest BCUT2D eigenvalue weighted by Crippen LogP contribution is 2.34. The molecule has 0 saturated heterocycles. The van der Waals surface area contributed by atoms with E-state index >= 15 is 0 Å². The van der Waals surface area contributed by atoms with Crippen molar-refractivity contribution in [2.24, 2.45) is 0 Å². The second-order valence-electron chi connectivity index (χ2n) is 5.24. The Morgan fingerprint density at radius 2 is 1.89 bits per heavy atom. The van der Waals surface area contributed by atoms with Gasteiger partial charge in [0, 0.05) is 12.1 Å². The zero-order valence-corrected chi connectivity index (χ0v) is 12.3. The fourth-order valence-corrected chi connectivity index (χ4v) is 3.34. The summed E-state index contributed by atoms with van der Waals surface area (Å²) in [5, 5.41) is 0. The molecular weight excluding hydrogens is 309 g/mol. The summed E-state index contributed by atoms with van der Waals surface area (Å²) in [6, 6.07) is 3.63. The van der Waals surface area contributed by atoms with Crippen molar-refractivity contribution >= 4 is 32.9 Å². The van der Waals surface area contributed by atoms with Crippen molar-refractivity contribution in [3.05, 3.63) is 22.4 Å². The third-order valence-electron chi connectivity index (χ3n) is 3.95. The molecule has 0 amide bonds. The van der Waals surface area contributed by atoms with Gasteiger partial charge in [-0.1, -0.05) is 25.7 Å². The van der Waals surface area contributed by atoms with Gasteiger partial charge in [-0.2, -0.15) is 0 Å². The predicted octanol–water partition coefficient (Wildman–Crippen LogP) is 4.42. The fourth-order valence-electron chi connectivity index (χ4n) is 3.01. The van der Waals surface area contributed by atoms with Crippen LogP contribution in [-0.4, -0.2) is 9.55 Å². The maximum absolute atomic E-state index is 13.6. The van der Waals surface area contributed by atoms with Crippen LogP contribution in [0.5, 0.6) is 0 Å². The van der Waals surface area contributed by atoms with Crippen LogP contribution in [0.1, 0.15) is 44.6 Å². The molecule has 5 heteroatoms. The summed E-state index contributed by atoms with van der Waals surface area (Å²) in [6.07, 6.45) is 7.30. The SMILES string of the molecule is Nc1nc2cc(F)c(Br)cc2n1C1CCCCCC1. The number of imidazole rings is 1. The van der Waals surface area contributed by atoms with E-state index in [1.807, 2.05) is 0 Å². The summed E-state index contributed by atoms with van der Waals surface area (Å²) >= 11 is 3.24. The molecule has 19 heavy (non-hydrogen) atoms. The van der Waals surface area contributed by atoms with Crippen LogP contribution in [0.4, 0.5) is 10.3 Å². The van der Waals surface area contributed by atoms with Crippen LogP contribution in [0.25, 0.3) is 11.0 Å². The molecule has 102 valence electrons. The maximum atomic E-state index is 13.6. The molecule has 2 aromatic rings. The van der Waals surface area contributed by atoms with Gasteiger partial charge in [0.15, 0.2) is 0 Å². The van der Waals surface area contributed by atoms with Gasteiger partial charge < -0.3 is 10.3 Å². The van der Waals surface area contributed by atoms with Gasteiger partial charge in [0.25, 0.3) is 0 Å². The smallest absolute Gasteiger partial charge is 0.201 e. The molecule has 2 N–H and O–H groups in total. The van der Waals surface area contributed by atoms with Crippen molar-refractivity contribution in [2.75, 3.05) is 5.73 Å². The van der Waals surface area contributed by atoms with Crippen molar-refractivity contribution in [1.29, 1.82) is 0 Å². The van der Waals surface area contributed by atoms with E-state index in [0.717, 1.165) is 18.4 Å². The number of nitrogens with two attached hydrogens (primary N) is 1. The van der Waals surface area contributed by atoms with Crippen LogP contribution < -0.4 is 5.73 Å². The number of halogens is 2. The Bertz CT molecular complexity index is 600. The van der Waals surface area contributed by atoms with Crippen LogP contribution >= 0.6 is 15.9 Å². The molecule has 1 fully saturated rings. The van der Waals surface area contributed by atoms with Gasteiger partial charge in [-0.3, -0.25) is 0 Å². The zero-order chi connectivity index (χ0) is 13.4. The summed E-state index contributed by atoms with van der Waals surface area (Å²) in [5.74, 6) is 0.206. The first-order chi connectivity index (χ1) is 9.16. The minimum Gasteiger partial charge on any atom is -0.369 e. The van der Waals surface area contributed by atoms with Gasteiger partial charge in [-0.15, -0.1) is 0 Å². The first-order valence-corrected chi connectivity index (χ1v) is 7.58. The predicted molar refractivity (Wildman–Crippen MR) is 78.5 cm³/mol. The monoisotopic (exact) mass is 325 g/mol. The third-order valence-corrected chi connectivity index (χ3v) is 4.56. The van der Waals surface area contributed by atoms with Crippen molar-refractivity contribution in [3.63, 3.8) is 0 Å². The summed E-state index contributed by atoms with van der Waals surface area (Å²) < 4.78 is 16.1. The Balaban J connectivity index is 2.11. The summed E-state index contributed by atoms with van der Waals surface area (Å²) in [6.45, 7) is 0. The average molecular weight is 326 g/mol. The number of anilines is 1. The van der Waals surface area contributed by atoms with E-state index < -0.39 is 0 Å². The number of nitrogen functional groups attached to an aromatic ring is 1. The molecule has 1 saturated carbocycles. The lowest BCUT2D eigenvalue weighted by molar-refractivity contribution is 0.459. The Labute approximate surface area is 120 Å². The Kier molecular flexibility index (Phi) is 3.48. The molecule has 0 radical (unpaired) electrons. The number of nitrogens with zero attached hydrogens (tertiary/aromatic N) is 2. The van der Waals surface area contributed by atoms with E-state index in [1.54, 1.807) is 6.07 Å². The normalized spacial score (nSPS) is 17.8. The quantitative estimate of drug-likeness (QED) is 0.789. The molecule has 0 unspecified atom stereocenters. The Morgan fingerprint density at radius 1 is 1.21 bits per heavy atom. The average Bonchev–Trinajstić information content (AvgIpc) is 2.57. The van der Waals surface area contributed by atoms with Crippen LogP contribution in [-0.2, 0) is 0 Å². The van der Waals surface area contributed by atoms with E-state index in [1.165, 1.54) is 31.7 Å². The first kappa shape index (κ1) is 12.9. The Hall–Kier alpha value is -1.10. The van der Waals surface area contributed by atoms with Gasteiger partial charge in [0.1, 0.15) is 5.82 Å². The number of fused-ring (bicyclic) bond motifs is 1. The molecule has 0 bridgehead atoms. The second kappa shape index (κ2) is 5.12. The molecule has 3 nitrogen and oxygen atoms in total. The number of aromatic nitrogens is 2. The molecule has 1 aliphatic carbocycles. The minimum atomic E-state index is -0.294. The summed E-state index contributed by atoms with van der Waals surface area (Å²) in [5.41, 5.74) is 7.62. The van der Waals surface area contributed by atoms with Crippen molar-refractivity contribution in [2.45, 2.75) is 44.6 Å². The van der Waals surface area contributed by atoms with Crippen molar-refractivity contribution in [3.8, 4) is 0 Å². The van der Waals surface area contributed by atoms with E-state index in [0.29, 0.717) is 22.0 Å². The number of hydrogen-bond acceptors (Lipinski definition) is 2. The highest BCUT2D eigenvalue weighted by Gasteiger charge is 2.20. The van der Waals surface area contributed by atoms with Crippen LogP contribution in [0.15, 0.2) is 16.6 Å². The standard InChI is InChI=1S/C14H17BrFN3/c15-10-7-13-12(8-11(10)16)18-14(17)19(13)9-5-3-1-2-4-6-9/h7-9H,1-6H2,(H2,17,18). The molecule has 1 aliphatic rings. The van der Waals surface area contributed by atoms with Gasteiger partial charge >= 0.3 is 0 Å². The highest BCUT2D eigenvalue weighted by atomic mass is 79.9. The number of rotatable bonds is 1. The lowest BCUT2D eigenvalue weighted by Gasteiger charge is -2.18. The van der Waals surface area contributed by atoms with Crippen LogP contribution in [0, 0.1) is 5.82 Å². The van der Waals surface area contributed by atoms with Gasteiger partial charge in [-0.25, -0.2) is 9.37 Å². The lowest BCUT2D eigenvalue weighted by Crippen LogP contribution is -2.11. The highest BCUT2D eigenvalue weighted by molar-refractivity contribution is 9.10. The van der Waals surface area contributed by atoms with Crippen LogP contribution in [0.3, 0.4) is 0 Å². The lowest BCUT2D eigenvalue weighted by atomic mass is 10.1. The minimum absolute atomic E-state index is 0.294. The van der Waals surface area contributed by atoms with Crippen LogP contribution in [0.2, 0.25) is 0 Å². The molecule has 1 heterocycles. The largest absolute Gasteiger partial charge is 0.369 e. The number of hydrogen-bond donors (Lipinski definition) is 1. The third kappa shape index (κ3) is 2.36. The topological polar surface area (TPSA) is 43.8 Å². The maximum Gasteiger partial charge on any atom is 0.201 e.